The monoisotopic (exact) mass is 941 g/mol. The molecule has 2 aliphatic heterocycles. The summed E-state index contributed by atoms with van der Waals surface area (Å²) in [6, 6.07) is 15.1. The average Bonchev–Trinajstić information content (AvgIpc) is 4.08. The SMILES string of the molecule is C=[N+](C(=O)OC)C(C(=O)N1C(C(=O)Nc2ccc(C34CC5C6CC7(c8ccc(NC(=O)C9CC%10CC%10([N+](=C)C(=O)OC)N9C(=O)CC(C)C)cc8)CC8C(C3)C5C87C6C4)cc2)CC2CC21C)C(C)C. The number of ether oxygens (including phenoxy) is 2. The third kappa shape index (κ3) is 5.60. The van der Waals surface area contributed by atoms with Gasteiger partial charge in [-0.3, -0.25) is 24.1 Å². The van der Waals surface area contributed by atoms with Gasteiger partial charge in [-0.1, -0.05) is 52.0 Å². The molecule has 8 aliphatic carbocycles. The van der Waals surface area contributed by atoms with Gasteiger partial charge in [0.1, 0.15) is 25.5 Å². The Hall–Kier alpha value is -5.40. The van der Waals surface area contributed by atoms with E-state index in [0.717, 1.165) is 46.3 Å². The van der Waals surface area contributed by atoms with Crippen LogP contribution in [-0.2, 0) is 39.5 Å². The Kier molecular flexibility index (Phi) is 9.47. The molecule has 10 aliphatic rings. The van der Waals surface area contributed by atoms with Gasteiger partial charge in [0.15, 0.2) is 0 Å². The van der Waals surface area contributed by atoms with E-state index in [9.17, 15) is 28.8 Å². The molecule has 1 spiro atoms. The van der Waals surface area contributed by atoms with Crippen molar-refractivity contribution in [2.24, 2.45) is 64.6 Å². The van der Waals surface area contributed by atoms with Crippen molar-refractivity contribution in [2.75, 3.05) is 24.9 Å². The molecule has 8 saturated carbocycles. The smallest absolute Gasteiger partial charge is 0.415 e. The Morgan fingerprint density at radius 3 is 1.88 bits per heavy atom. The van der Waals surface area contributed by atoms with Gasteiger partial charge in [-0.15, -0.1) is 9.15 Å². The summed E-state index contributed by atoms with van der Waals surface area (Å²) in [4.78, 5) is 84.7. The molecule has 0 aromatic heterocycles. The van der Waals surface area contributed by atoms with E-state index in [1.807, 2.05) is 34.6 Å². The first-order chi connectivity index (χ1) is 32.8. The number of nitrogens with zero attached hydrogens (tertiary/aromatic N) is 4. The molecule has 16 atom stereocenters. The van der Waals surface area contributed by atoms with Gasteiger partial charge >= 0.3 is 12.2 Å². The Morgan fingerprint density at radius 2 is 1.28 bits per heavy atom. The highest BCUT2D eigenvalue weighted by Gasteiger charge is 2.92. The van der Waals surface area contributed by atoms with Crippen LogP contribution in [0.25, 0.3) is 0 Å². The number of methoxy groups -OCH3 is 2. The lowest BCUT2D eigenvalue weighted by Gasteiger charge is -2.79. The number of piperidine rings is 2. The number of nitrogens with one attached hydrogen (secondary N) is 2. The quantitative estimate of drug-likeness (QED) is 0.168. The Balaban J connectivity index is 0.732. The van der Waals surface area contributed by atoms with Crippen molar-refractivity contribution >= 4 is 60.6 Å². The second-order valence-corrected chi connectivity index (χ2v) is 24.3. The van der Waals surface area contributed by atoms with Crippen molar-refractivity contribution in [2.45, 2.75) is 139 Å². The van der Waals surface area contributed by atoms with Gasteiger partial charge in [-0.2, -0.15) is 9.59 Å². The van der Waals surface area contributed by atoms with E-state index < -0.39 is 41.5 Å². The zero-order chi connectivity index (χ0) is 48.6. The highest BCUT2D eigenvalue weighted by atomic mass is 16.5. The minimum absolute atomic E-state index is 0.0349. The average molecular weight is 941 g/mol. The number of carbonyl (C=O) groups is 6. The summed E-state index contributed by atoms with van der Waals surface area (Å²) in [6.07, 6.45) is 7.59. The molecule has 16 unspecified atom stereocenters. The zero-order valence-corrected chi connectivity index (χ0v) is 41.2. The number of fused-ring (bicyclic) bond motifs is 4. The van der Waals surface area contributed by atoms with E-state index in [1.165, 1.54) is 62.0 Å². The van der Waals surface area contributed by atoms with Crippen molar-refractivity contribution in [1.82, 2.24) is 9.80 Å². The number of amides is 6. The highest BCUT2D eigenvalue weighted by Crippen LogP contribution is 2.96. The summed E-state index contributed by atoms with van der Waals surface area (Å²) in [5, 5.41) is 6.34. The molecule has 14 heteroatoms. The molecule has 10 fully saturated rings. The minimum atomic E-state index is -0.936. The molecule has 5 bridgehead atoms. The van der Waals surface area contributed by atoms with Crippen LogP contribution in [-0.4, -0.2) is 112 Å². The van der Waals surface area contributed by atoms with Crippen LogP contribution in [0.5, 0.6) is 0 Å². The lowest BCUT2D eigenvalue weighted by molar-refractivity contribution is -0.522. The fraction of sp³-hybridized carbons (Fsp3) is 0.636. The molecule has 2 heterocycles. The van der Waals surface area contributed by atoms with Gasteiger partial charge in [-0.05, 0) is 152 Å². The topological polar surface area (TPSA) is 157 Å². The summed E-state index contributed by atoms with van der Waals surface area (Å²) >= 11 is 0. The highest BCUT2D eigenvalue weighted by molar-refractivity contribution is 6.00. The summed E-state index contributed by atoms with van der Waals surface area (Å²) in [5.41, 5.74) is 3.52. The molecule has 2 aromatic carbocycles. The predicted molar refractivity (Wildman–Crippen MR) is 255 cm³/mol. The number of benzene rings is 2. The Labute approximate surface area is 404 Å². The second-order valence-electron chi connectivity index (χ2n) is 24.3. The van der Waals surface area contributed by atoms with Gasteiger partial charge < -0.3 is 25.0 Å². The normalized spacial score (nSPS) is 40.5. The van der Waals surface area contributed by atoms with Gasteiger partial charge in [0.05, 0.1) is 20.1 Å². The van der Waals surface area contributed by atoms with Gasteiger partial charge in [-0.25, -0.2) is 0 Å². The van der Waals surface area contributed by atoms with Gasteiger partial charge in [0.2, 0.25) is 23.8 Å². The zero-order valence-electron chi connectivity index (χ0n) is 41.2. The van der Waals surface area contributed by atoms with E-state index in [2.05, 4.69) is 72.6 Å². The maximum atomic E-state index is 14.2. The van der Waals surface area contributed by atoms with Crippen LogP contribution in [0.2, 0.25) is 0 Å². The molecule has 14 nitrogen and oxygen atoms in total. The van der Waals surface area contributed by atoms with Gasteiger partial charge in [0, 0.05) is 41.1 Å². The lowest BCUT2D eigenvalue weighted by atomic mass is 9.24. The number of hydrogen-bond acceptors (Lipinski definition) is 8. The maximum absolute atomic E-state index is 14.2. The van der Waals surface area contributed by atoms with E-state index in [4.69, 9.17) is 9.47 Å². The number of rotatable bonds is 12. The van der Waals surface area contributed by atoms with Crippen LogP contribution in [0, 0.1) is 64.6 Å². The summed E-state index contributed by atoms with van der Waals surface area (Å²) in [5.74, 6) is 3.62. The maximum Gasteiger partial charge on any atom is 0.597 e. The number of hydrogen-bond donors (Lipinski definition) is 2. The summed E-state index contributed by atoms with van der Waals surface area (Å²) in [6.45, 7) is 17.6. The minimum Gasteiger partial charge on any atom is -0.415 e. The molecular formula is C55H68N6O8+2. The van der Waals surface area contributed by atoms with E-state index >= 15 is 0 Å². The largest absolute Gasteiger partial charge is 0.597 e. The summed E-state index contributed by atoms with van der Waals surface area (Å²) in [7, 11) is 2.58. The molecule has 6 amide bonds. The fourth-order valence-electron chi connectivity index (χ4n) is 18.3. The summed E-state index contributed by atoms with van der Waals surface area (Å²) < 4.78 is 12.3. The lowest BCUT2D eigenvalue weighted by Crippen LogP contribution is -2.76. The van der Waals surface area contributed by atoms with Crippen molar-refractivity contribution in [3.63, 3.8) is 0 Å². The molecule has 2 aromatic rings. The van der Waals surface area contributed by atoms with Crippen LogP contribution in [0.4, 0.5) is 21.0 Å². The first kappa shape index (κ1) is 44.8. The first-order valence-corrected chi connectivity index (χ1v) is 25.7. The van der Waals surface area contributed by atoms with Crippen molar-refractivity contribution in [1.29, 1.82) is 0 Å². The van der Waals surface area contributed by atoms with Crippen LogP contribution in [0.3, 0.4) is 0 Å². The molecule has 2 N–H and O–H groups in total. The number of anilines is 2. The third-order valence-electron chi connectivity index (χ3n) is 20.8. The molecule has 69 heavy (non-hydrogen) atoms. The molecule has 364 valence electrons. The Bertz CT molecular complexity index is 2660. The van der Waals surface area contributed by atoms with E-state index in [-0.39, 0.29) is 64.6 Å². The van der Waals surface area contributed by atoms with Crippen LogP contribution >= 0.6 is 0 Å². The third-order valence-corrected chi connectivity index (χ3v) is 20.8. The second kappa shape index (κ2) is 14.6. The Morgan fingerprint density at radius 1 is 0.696 bits per heavy atom. The van der Waals surface area contributed by atoms with Crippen LogP contribution < -0.4 is 10.6 Å². The van der Waals surface area contributed by atoms with Gasteiger partial charge in [0.25, 0.3) is 11.6 Å². The van der Waals surface area contributed by atoms with Crippen molar-refractivity contribution in [3.8, 4) is 0 Å². The van der Waals surface area contributed by atoms with E-state index in [1.54, 1.807) is 9.80 Å². The molecular weight excluding hydrogens is 873 g/mol. The predicted octanol–water partition coefficient (Wildman–Crippen LogP) is 7.18. The first-order valence-electron chi connectivity index (χ1n) is 25.7. The van der Waals surface area contributed by atoms with Crippen LogP contribution in [0.1, 0.15) is 110 Å². The van der Waals surface area contributed by atoms with E-state index in [0.29, 0.717) is 36.3 Å². The number of likely N-dealkylation sites (tertiary alicyclic amines) is 2. The van der Waals surface area contributed by atoms with Crippen molar-refractivity contribution in [3.05, 3.63) is 59.7 Å². The standard InChI is InChI=1S/C55H66N6O8/c1-28(2)18-43(62)60-41(20-33-22-54(33,60)59(7)50(67)69-9)46(63)56-35-16-12-31(13-17-35)53-25-36-37-23-52(24-38-40(27-53)55(53,44(37)38)39(36)26-52)30-10-14-34(15-11-30)57-47(64)42-19-32-21-51(32,5)61(42)48(65)45(29(3)4)58(6)49(66)68-8/h10-17,28-29,32-33,36-42,44-45H,6-7,18-27H2,1-5,8-9H3/p+2. The molecule has 0 radical (unpaired) electrons. The fourth-order valence-corrected chi connectivity index (χ4v) is 18.3. The molecule has 2 saturated heterocycles. The number of carbonyl (C=O) groups excluding carboxylic acids is 6. The van der Waals surface area contributed by atoms with Crippen LogP contribution in [0.15, 0.2) is 48.5 Å². The van der Waals surface area contributed by atoms with Crippen molar-refractivity contribution < 1.29 is 47.4 Å². The molecule has 12 rings (SSSR count).